The fourth-order valence-corrected chi connectivity index (χ4v) is 4.72. The molecule has 2 N–H and O–H groups in total. The molecule has 32 heavy (non-hydrogen) atoms. The Morgan fingerprint density at radius 3 is 3.09 bits per heavy atom. The lowest BCUT2D eigenvalue weighted by Crippen LogP contribution is -2.48. The molecular formula is C24H29N5O3. The summed E-state index contributed by atoms with van der Waals surface area (Å²) in [5.74, 6) is -0.0539. The highest BCUT2D eigenvalue weighted by molar-refractivity contribution is 5.97. The number of aromatic amines is 1. The molecule has 2 aliphatic heterocycles. The van der Waals surface area contributed by atoms with E-state index in [1.165, 1.54) is 0 Å². The van der Waals surface area contributed by atoms with E-state index in [2.05, 4.69) is 20.3 Å². The predicted molar refractivity (Wildman–Crippen MR) is 122 cm³/mol. The van der Waals surface area contributed by atoms with Crippen molar-refractivity contribution in [2.75, 3.05) is 26.2 Å². The van der Waals surface area contributed by atoms with Crippen LogP contribution in [0.4, 0.5) is 0 Å². The van der Waals surface area contributed by atoms with E-state index >= 15 is 0 Å². The van der Waals surface area contributed by atoms with E-state index in [-0.39, 0.29) is 17.5 Å². The number of nitrogens with zero attached hydrogens (tertiary/aromatic N) is 3. The summed E-state index contributed by atoms with van der Waals surface area (Å²) < 4.78 is 7.01. The van der Waals surface area contributed by atoms with Gasteiger partial charge in [-0.2, -0.15) is 5.10 Å². The minimum absolute atomic E-state index is 0.0539. The van der Waals surface area contributed by atoms with Crippen LogP contribution in [0.15, 0.2) is 41.3 Å². The van der Waals surface area contributed by atoms with E-state index in [9.17, 15) is 9.59 Å². The molecule has 8 nitrogen and oxygen atoms in total. The Morgan fingerprint density at radius 1 is 1.22 bits per heavy atom. The van der Waals surface area contributed by atoms with Crippen molar-refractivity contribution in [3.8, 4) is 0 Å². The molecule has 4 heterocycles. The van der Waals surface area contributed by atoms with Gasteiger partial charge in [0, 0.05) is 54.5 Å². The third-order valence-corrected chi connectivity index (χ3v) is 6.57. The summed E-state index contributed by atoms with van der Waals surface area (Å²) in [4.78, 5) is 30.7. The van der Waals surface area contributed by atoms with Crippen molar-refractivity contribution in [2.24, 2.45) is 0 Å². The molecule has 8 heteroatoms. The number of benzene rings is 1. The van der Waals surface area contributed by atoms with Gasteiger partial charge >= 0.3 is 0 Å². The summed E-state index contributed by atoms with van der Waals surface area (Å²) in [5.41, 5.74) is 3.43. The molecule has 1 saturated heterocycles. The average Bonchev–Trinajstić information content (AvgIpc) is 3.29. The highest BCUT2D eigenvalue weighted by atomic mass is 16.5. The van der Waals surface area contributed by atoms with Crippen LogP contribution in [0.2, 0.25) is 0 Å². The van der Waals surface area contributed by atoms with Crippen LogP contribution in [0.5, 0.6) is 0 Å². The van der Waals surface area contributed by atoms with Crippen molar-refractivity contribution in [3.05, 3.63) is 63.7 Å². The fraction of sp³-hybridized carbons (Fsp3) is 0.458. The van der Waals surface area contributed by atoms with Gasteiger partial charge in [0.05, 0.1) is 25.5 Å². The number of rotatable bonds is 6. The highest BCUT2D eigenvalue weighted by Gasteiger charge is 2.23. The van der Waals surface area contributed by atoms with E-state index in [0.717, 1.165) is 60.9 Å². The van der Waals surface area contributed by atoms with Crippen molar-refractivity contribution in [3.63, 3.8) is 0 Å². The second-order valence-corrected chi connectivity index (χ2v) is 8.66. The Morgan fingerprint density at radius 2 is 2.16 bits per heavy atom. The summed E-state index contributed by atoms with van der Waals surface area (Å²) in [6, 6.07) is 9.64. The first kappa shape index (κ1) is 20.9. The van der Waals surface area contributed by atoms with Gasteiger partial charge in [-0.15, -0.1) is 0 Å². The Bertz CT molecular complexity index is 1170. The number of ether oxygens (including phenoxy) is 1. The van der Waals surface area contributed by atoms with Gasteiger partial charge in [-0.1, -0.05) is 12.5 Å². The molecule has 1 aromatic carbocycles. The van der Waals surface area contributed by atoms with Crippen LogP contribution in [-0.2, 0) is 24.3 Å². The van der Waals surface area contributed by atoms with Crippen LogP contribution < -0.4 is 10.9 Å². The Labute approximate surface area is 186 Å². The van der Waals surface area contributed by atoms with Gasteiger partial charge < -0.3 is 15.0 Å². The molecule has 1 unspecified atom stereocenters. The number of nitrogens with one attached hydrogen (secondary N) is 2. The molecular weight excluding hydrogens is 406 g/mol. The lowest BCUT2D eigenvalue weighted by atomic mass is 10.0. The van der Waals surface area contributed by atoms with Crippen LogP contribution in [0.1, 0.15) is 40.9 Å². The standard InChI is InChI=1S/C24H29N5O3/c30-23-14-19-16-32-12-7-21(19)27-29(23)11-10-28-9-2-1-3-20(28)15-26-24(31)18-5-4-17-6-8-25-22(17)13-18/h4-6,8,13-14,20,25H,1-3,7,9-12,15-16H2,(H,26,31). The zero-order chi connectivity index (χ0) is 21.9. The number of aromatic nitrogens is 3. The van der Waals surface area contributed by atoms with Crippen molar-refractivity contribution in [1.29, 1.82) is 0 Å². The lowest BCUT2D eigenvalue weighted by molar-refractivity contribution is 0.0907. The normalized spacial score (nSPS) is 19.1. The molecule has 1 fully saturated rings. The maximum absolute atomic E-state index is 12.7. The number of fused-ring (bicyclic) bond motifs is 2. The number of hydrogen-bond acceptors (Lipinski definition) is 5. The second-order valence-electron chi connectivity index (χ2n) is 8.66. The first-order chi connectivity index (χ1) is 15.7. The van der Waals surface area contributed by atoms with Gasteiger partial charge in [-0.25, -0.2) is 4.68 Å². The fourth-order valence-electron chi connectivity index (χ4n) is 4.72. The first-order valence-corrected chi connectivity index (χ1v) is 11.4. The predicted octanol–water partition coefficient (Wildman–Crippen LogP) is 2.08. The molecule has 1 amide bonds. The molecule has 168 valence electrons. The largest absolute Gasteiger partial charge is 0.376 e. The van der Waals surface area contributed by atoms with Crippen molar-refractivity contribution >= 4 is 16.8 Å². The van der Waals surface area contributed by atoms with E-state index in [4.69, 9.17) is 4.74 Å². The molecule has 0 aliphatic carbocycles. The summed E-state index contributed by atoms with van der Waals surface area (Å²) in [7, 11) is 0. The van der Waals surface area contributed by atoms with E-state index in [1.54, 1.807) is 10.7 Å². The van der Waals surface area contributed by atoms with Crippen molar-refractivity contribution in [2.45, 2.75) is 44.9 Å². The van der Waals surface area contributed by atoms with E-state index < -0.39 is 0 Å². The van der Waals surface area contributed by atoms with E-state index in [0.29, 0.717) is 31.9 Å². The molecule has 2 aromatic heterocycles. The maximum Gasteiger partial charge on any atom is 0.267 e. The van der Waals surface area contributed by atoms with Crippen LogP contribution in [-0.4, -0.2) is 57.9 Å². The van der Waals surface area contributed by atoms with Gasteiger partial charge in [-0.05, 0) is 43.0 Å². The molecule has 0 radical (unpaired) electrons. The topological polar surface area (TPSA) is 92.2 Å². The molecule has 0 bridgehead atoms. The van der Waals surface area contributed by atoms with Gasteiger partial charge in [-0.3, -0.25) is 14.5 Å². The third-order valence-electron chi connectivity index (χ3n) is 6.57. The molecule has 0 spiro atoms. The van der Waals surface area contributed by atoms with Crippen molar-refractivity contribution in [1.82, 2.24) is 25.0 Å². The Balaban J connectivity index is 1.20. The van der Waals surface area contributed by atoms with Gasteiger partial charge in [0.15, 0.2) is 0 Å². The Hall–Kier alpha value is -2.97. The minimum Gasteiger partial charge on any atom is -0.376 e. The summed E-state index contributed by atoms with van der Waals surface area (Å²) in [6.45, 7) is 4.01. The van der Waals surface area contributed by atoms with Crippen LogP contribution in [0, 0.1) is 0 Å². The van der Waals surface area contributed by atoms with Crippen LogP contribution >= 0.6 is 0 Å². The van der Waals surface area contributed by atoms with E-state index in [1.807, 2.05) is 30.5 Å². The van der Waals surface area contributed by atoms with Crippen molar-refractivity contribution < 1.29 is 9.53 Å². The monoisotopic (exact) mass is 435 g/mol. The highest BCUT2D eigenvalue weighted by Crippen LogP contribution is 2.18. The summed E-state index contributed by atoms with van der Waals surface area (Å²) in [6.07, 6.45) is 5.96. The number of piperidine rings is 1. The number of H-pyrrole nitrogens is 1. The smallest absolute Gasteiger partial charge is 0.267 e. The molecule has 3 aromatic rings. The maximum atomic E-state index is 12.7. The van der Waals surface area contributed by atoms with Gasteiger partial charge in [0.1, 0.15) is 0 Å². The number of amides is 1. The quantitative estimate of drug-likeness (QED) is 0.619. The number of hydrogen-bond donors (Lipinski definition) is 2. The van der Waals surface area contributed by atoms with Gasteiger partial charge in [0.2, 0.25) is 0 Å². The Kier molecular flexibility index (Phi) is 6.05. The van der Waals surface area contributed by atoms with Crippen LogP contribution in [0.3, 0.4) is 0 Å². The number of carbonyl (C=O) groups is 1. The summed E-state index contributed by atoms with van der Waals surface area (Å²) in [5, 5.41) is 8.79. The molecule has 0 saturated carbocycles. The molecule has 5 rings (SSSR count). The van der Waals surface area contributed by atoms with Crippen LogP contribution in [0.25, 0.3) is 10.9 Å². The lowest BCUT2D eigenvalue weighted by Gasteiger charge is -2.35. The number of carbonyl (C=O) groups excluding carboxylic acids is 1. The zero-order valence-corrected chi connectivity index (χ0v) is 18.2. The number of likely N-dealkylation sites (tertiary alicyclic amines) is 1. The molecule has 1 atom stereocenters. The SMILES string of the molecule is O=C(NCC1CCCCN1CCn1nc2c(cc1=O)COCC2)c1ccc2cc[nH]c2c1. The van der Waals surface area contributed by atoms with Gasteiger partial charge in [0.25, 0.3) is 11.5 Å². The third kappa shape index (κ3) is 4.47. The average molecular weight is 436 g/mol. The zero-order valence-electron chi connectivity index (χ0n) is 18.2. The minimum atomic E-state index is -0.0733. The second kappa shape index (κ2) is 9.26. The molecule has 2 aliphatic rings. The first-order valence-electron chi connectivity index (χ1n) is 11.4. The summed E-state index contributed by atoms with van der Waals surface area (Å²) >= 11 is 0.